The van der Waals surface area contributed by atoms with Gasteiger partial charge in [-0.3, -0.25) is 4.79 Å². The first-order valence-corrected chi connectivity index (χ1v) is 10.8. The molecule has 2 saturated heterocycles. The van der Waals surface area contributed by atoms with E-state index < -0.39 is 0 Å². The summed E-state index contributed by atoms with van der Waals surface area (Å²) in [6.07, 6.45) is 7.39. The summed E-state index contributed by atoms with van der Waals surface area (Å²) in [5, 5.41) is 0. The van der Waals surface area contributed by atoms with Crippen molar-refractivity contribution in [3.8, 4) is 0 Å². The topological polar surface area (TPSA) is 23.6 Å². The van der Waals surface area contributed by atoms with E-state index in [9.17, 15) is 4.79 Å². The van der Waals surface area contributed by atoms with Crippen molar-refractivity contribution in [3.05, 3.63) is 47.0 Å². The van der Waals surface area contributed by atoms with Crippen LogP contribution in [0.5, 0.6) is 0 Å². The van der Waals surface area contributed by atoms with Crippen molar-refractivity contribution >= 4 is 5.91 Å². The highest BCUT2D eigenvalue weighted by Gasteiger charge is 2.39. The van der Waals surface area contributed by atoms with Crippen LogP contribution in [-0.4, -0.2) is 47.9 Å². The van der Waals surface area contributed by atoms with Crippen molar-refractivity contribution in [2.75, 3.05) is 26.2 Å². The lowest BCUT2D eigenvalue weighted by Crippen LogP contribution is -2.33. The molecule has 2 fully saturated rings. The molecule has 2 aliphatic heterocycles. The Morgan fingerprint density at radius 3 is 2.63 bits per heavy atom. The molecule has 0 saturated carbocycles. The number of hydrogen-bond donors (Lipinski definition) is 0. The maximum atomic E-state index is 12.4. The first kappa shape index (κ1) is 18.7. The Morgan fingerprint density at radius 2 is 1.96 bits per heavy atom. The van der Waals surface area contributed by atoms with Gasteiger partial charge in [0, 0.05) is 37.5 Å². The fourth-order valence-corrected chi connectivity index (χ4v) is 5.23. The van der Waals surface area contributed by atoms with E-state index in [-0.39, 0.29) is 5.92 Å². The zero-order valence-electron chi connectivity index (χ0n) is 17.2. The summed E-state index contributed by atoms with van der Waals surface area (Å²) in [5.74, 6) is 1.48. The maximum Gasteiger partial charge on any atom is 0.225 e. The average Bonchev–Trinajstić information content (AvgIpc) is 3.35. The normalized spacial score (nSPS) is 28.1. The minimum absolute atomic E-state index is 0.0977. The highest BCUT2D eigenvalue weighted by Crippen LogP contribution is 2.43. The van der Waals surface area contributed by atoms with E-state index in [1.54, 1.807) is 0 Å². The van der Waals surface area contributed by atoms with Gasteiger partial charge in [0.05, 0.1) is 0 Å². The van der Waals surface area contributed by atoms with Crippen LogP contribution in [0.15, 0.2) is 35.9 Å². The van der Waals surface area contributed by atoms with E-state index in [0.717, 1.165) is 32.0 Å². The van der Waals surface area contributed by atoms with E-state index in [1.807, 2.05) is 13.8 Å². The van der Waals surface area contributed by atoms with Gasteiger partial charge >= 0.3 is 0 Å². The summed E-state index contributed by atoms with van der Waals surface area (Å²) >= 11 is 0. The summed E-state index contributed by atoms with van der Waals surface area (Å²) in [5.41, 5.74) is 4.39. The van der Waals surface area contributed by atoms with Crippen molar-refractivity contribution in [3.63, 3.8) is 0 Å². The quantitative estimate of drug-likeness (QED) is 0.728. The average molecular weight is 367 g/mol. The van der Waals surface area contributed by atoms with Gasteiger partial charge in [0.25, 0.3) is 0 Å². The van der Waals surface area contributed by atoms with Crippen molar-refractivity contribution in [2.45, 2.75) is 58.4 Å². The molecule has 2 heterocycles. The molecule has 27 heavy (non-hydrogen) atoms. The molecule has 0 N–H and O–H groups in total. The predicted molar refractivity (Wildman–Crippen MR) is 111 cm³/mol. The number of carbonyl (C=O) groups excluding carboxylic acids is 1. The van der Waals surface area contributed by atoms with Crippen molar-refractivity contribution < 1.29 is 4.79 Å². The van der Waals surface area contributed by atoms with Gasteiger partial charge in [-0.05, 0) is 61.8 Å². The van der Waals surface area contributed by atoms with Crippen molar-refractivity contribution in [1.82, 2.24) is 9.80 Å². The lowest BCUT2D eigenvalue weighted by molar-refractivity contribution is -0.133. The predicted octanol–water partition coefficient (Wildman–Crippen LogP) is 4.24. The van der Waals surface area contributed by atoms with Crippen LogP contribution in [0.4, 0.5) is 0 Å². The largest absolute Gasteiger partial charge is 0.338 e. The molecule has 146 valence electrons. The Balaban J connectivity index is 1.36. The molecule has 3 heteroatoms. The number of fused-ring (bicyclic) bond motifs is 1. The monoisotopic (exact) mass is 366 g/mol. The SMILES string of the molecule is CC(C)C(=O)N1CC2=CCC(c3ccc(CCN4CCCC4C)cc3)C2C1. The van der Waals surface area contributed by atoms with Crippen LogP contribution in [0.1, 0.15) is 57.1 Å². The Bertz CT molecular complexity index is 706. The Labute approximate surface area is 164 Å². The van der Waals surface area contributed by atoms with Crippen molar-refractivity contribution in [2.24, 2.45) is 11.8 Å². The number of nitrogens with zero attached hydrogens (tertiary/aromatic N) is 2. The molecule has 3 aliphatic rings. The molecule has 0 spiro atoms. The van der Waals surface area contributed by atoms with E-state index in [2.05, 4.69) is 47.1 Å². The molecule has 0 bridgehead atoms. The van der Waals surface area contributed by atoms with E-state index in [1.165, 1.54) is 42.6 Å². The maximum absolute atomic E-state index is 12.4. The minimum Gasteiger partial charge on any atom is -0.338 e. The number of benzene rings is 1. The molecule has 0 radical (unpaired) electrons. The molecule has 1 aromatic rings. The van der Waals surface area contributed by atoms with Gasteiger partial charge in [0.1, 0.15) is 0 Å². The van der Waals surface area contributed by atoms with Crippen LogP contribution in [0.25, 0.3) is 0 Å². The van der Waals surface area contributed by atoms with Crippen LogP contribution in [-0.2, 0) is 11.2 Å². The number of hydrogen-bond acceptors (Lipinski definition) is 2. The second-order valence-corrected chi connectivity index (χ2v) is 9.12. The first-order chi connectivity index (χ1) is 13.0. The molecule has 0 aromatic heterocycles. The van der Waals surface area contributed by atoms with E-state index >= 15 is 0 Å². The number of carbonyl (C=O) groups is 1. The molecule has 3 atom stereocenters. The summed E-state index contributed by atoms with van der Waals surface area (Å²) in [7, 11) is 0. The summed E-state index contributed by atoms with van der Waals surface area (Å²) in [6.45, 7) is 10.6. The molecule has 3 unspecified atom stereocenters. The highest BCUT2D eigenvalue weighted by molar-refractivity contribution is 5.79. The summed E-state index contributed by atoms with van der Waals surface area (Å²) < 4.78 is 0. The Morgan fingerprint density at radius 1 is 1.19 bits per heavy atom. The molecule has 1 aliphatic carbocycles. The lowest BCUT2D eigenvalue weighted by Gasteiger charge is -2.23. The van der Waals surface area contributed by atoms with Crippen LogP contribution >= 0.6 is 0 Å². The van der Waals surface area contributed by atoms with Crippen LogP contribution in [0.3, 0.4) is 0 Å². The van der Waals surface area contributed by atoms with Gasteiger partial charge in [-0.1, -0.05) is 44.2 Å². The van der Waals surface area contributed by atoms with Crippen LogP contribution < -0.4 is 0 Å². The van der Waals surface area contributed by atoms with Gasteiger partial charge in [0.15, 0.2) is 0 Å². The number of likely N-dealkylation sites (tertiary alicyclic amines) is 2. The second kappa shape index (κ2) is 7.79. The fourth-order valence-electron chi connectivity index (χ4n) is 5.23. The van der Waals surface area contributed by atoms with Crippen LogP contribution in [0, 0.1) is 11.8 Å². The summed E-state index contributed by atoms with van der Waals surface area (Å²) in [4.78, 5) is 17.1. The van der Waals surface area contributed by atoms with Gasteiger partial charge in [-0.15, -0.1) is 0 Å². The van der Waals surface area contributed by atoms with Crippen molar-refractivity contribution in [1.29, 1.82) is 0 Å². The zero-order chi connectivity index (χ0) is 19.0. The molecule has 4 rings (SSSR count). The van der Waals surface area contributed by atoms with Crippen LogP contribution in [0.2, 0.25) is 0 Å². The number of amides is 1. The molecular weight excluding hydrogens is 332 g/mol. The lowest BCUT2D eigenvalue weighted by atomic mass is 9.86. The Hall–Kier alpha value is -1.61. The third kappa shape index (κ3) is 3.85. The minimum atomic E-state index is 0.0977. The van der Waals surface area contributed by atoms with Gasteiger partial charge in [0.2, 0.25) is 5.91 Å². The molecule has 1 aromatic carbocycles. The zero-order valence-corrected chi connectivity index (χ0v) is 17.2. The standard InChI is InChI=1S/C24H34N2O/c1-17(2)24(27)26-15-21-10-11-22(23(21)16-26)20-8-6-19(7-9-20)12-14-25-13-4-5-18(25)3/h6-10,17-18,22-23H,4-5,11-16H2,1-3H3. The fraction of sp³-hybridized carbons (Fsp3) is 0.625. The van der Waals surface area contributed by atoms with Gasteiger partial charge < -0.3 is 9.80 Å². The molecule has 1 amide bonds. The molecule has 3 nitrogen and oxygen atoms in total. The van der Waals surface area contributed by atoms with E-state index in [0.29, 0.717) is 17.7 Å². The summed E-state index contributed by atoms with van der Waals surface area (Å²) in [6, 6.07) is 10.1. The second-order valence-electron chi connectivity index (χ2n) is 9.12. The van der Waals surface area contributed by atoms with E-state index in [4.69, 9.17) is 0 Å². The third-order valence-corrected chi connectivity index (χ3v) is 6.98. The first-order valence-electron chi connectivity index (χ1n) is 10.8. The molecular formula is C24H34N2O. The number of rotatable bonds is 5. The van der Waals surface area contributed by atoms with Gasteiger partial charge in [-0.25, -0.2) is 0 Å². The Kier molecular flexibility index (Phi) is 5.41. The van der Waals surface area contributed by atoms with Gasteiger partial charge in [-0.2, -0.15) is 0 Å². The third-order valence-electron chi connectivity index (χ3n) is 6.98. The smallest absolute Gasteiger partial charge is 0.225 e. The highest BCUT2D eigenvalue weighted by atomic mass is 16.2. The number of allylic oxidation sites excluding steroid dienone is 1.